The maximum absolute atomic E-state index is 6.28. The molecular formula is C15H16N4. The van der Waals surface area contributed by atoms with E-state index in [9.17, 15) is 0 Å². The van der Waals surface area contributed by atoms with E-state index < -0.39 is 0 Å². The molecule has 0 amide bonds. The number of nitrogens with two attached hydrogens (primary N) is 1. The van der Waals surface area contributed by atoms with E-state index in [2.05, 4.69) is 23.9 Å². The summed E-state index contributed by atoms with van der Waals surface area (Å²) in [5.74, 6) is 0. The average molecular weight is 252 g/mol. The molecule has 2 heterocycles. The van der Waals surface area contributed by atoms with Gasteiger partial charge in [-0.3, -0.25) is 4.98 Å². The van der Waals surface area contributed by atoms with Crippen LogP contribution < -0.4 is 5.73 Å². The molecule has 96 valence electrons. The largest absolute Gasteiger partial charge is 0.396 e. The van der Waals surface area contributed by atoms with Gasteiger partial charge in [-0.05, 0) is 50.6 Å². The van der Waals surface area contributed by atoms with Crippen LogP contribution in [0.5, 0.6) is 0 Å². The van der Waals surface area contributed by atoms with Crippen LogP contribution in [0.3, 0.4) is 0 Å². The second-order valence-corrected chi connectivity index (χ2v) is 4.78. The minimum Gasteiger partial charge on any atom is -0.396 e. The summed E-state index contributed by atoms with van der Waals surface area (Å²) >= 11 is 0. The van der Waals surface area contributed by atoms with Crippen molar-refractivity contribution in [3.8, 4) is 5.69 Å². The molecule has 1 aromatic carbocycles. The Morgan fingerprint density at radius 2 is 1.89 bits per heavy atom. The standard InChI is InChI=1S/C15H16N4/c1-9-10(2)18-19(11(9)3)14-7-6-13-12(15(14)16)5-4-8-17-13/h4-8H,16H2,1-3H3. The summed E-state index contributed by atoms with van der Waals surface area (Å²) in [6.45, 7) is 6.15. The molecule has 3 rings (SSSR count). The van der Waals surface area contributed by atoms with Crippen molar-refractivity contribution in [2.45, 2.75) is 20.8 Å². The highest BCUT2D eigenvalue weighted by atomic mass is 15.3. The molecule has 0 fully saturated rings. The van der Waals surface area contributed by atoms with E-state index in [1.807, 2.05) is 35.9 Å². The summed E-state index contributed by atoms with van der Waals surface area (Å²) in [4.78, 5) is 4.31. The van der Waals surface area contributed by atoms with Crippen LogP contribution in [0.25, 0.3) is 16.6 Å². The quantitative estimate of drug-likeness (QED) is 0.677. The van der Waals surface area contributed by atoms with Crippen molar-refractivity contribution in [3.63, 3.8) is 0 Å². The molecule has 0 spiro atoms. The van der Waals surface area contributed by atoms with Crippen LogP contribution in [0, 0.1) is 20.8 Å². The van der Waals surface area contributed by atoms with Gasteiger partial charge in [0, 0.05) is 17.3 Å². The van der Waals surface area contributed by atoms with E-state index in [0.717, 1.165) is 33.7 Å². The van der Waals surface area contributed by atoms with Crippen LogP contribution in [0.2, 0.25) is 0 Å². The topological polar surface area (TPSA) is 56.7 Å². The van der Waals surface area contributed by atoms with Gasteiger partial charge in [-0.25, -0.2) is 4.68 Å². The van der Waals surface area contributed by atoms with Crippen molar-refractivity contribution < 1.29 is 0 Å². The summed E-state index contributed by atoms with van der Waals surface area (Å²) in [7, 11) is 0. The van der Waals surface area contributed by atoms with E-state index in [0.29, 0.717) is 0 Å². The maximum atomic E-state index is 6.28. The number of rotatable bonds is 1. The molecule has 19 heavy (non-hydrogen) atoms. The molecule has 0 bridgehead atoms. The Bertz CT molecular complexity index is 771. The SMILES string of the molecule is Cc1nn(-c2ccc3ncccc3c2N)c(C)c1C. The summed E-state index contributed by atoms with van der Waals surface area (Å²) < 4.78 is 1.91. The zero-order chi connectivity index (χ0) is 13.6. The van der Waals surface area contributed by atoms with Crippen LogP contribution in [-0.2, 0) is 0 Å². The highest BCUT2D eigenvalue weighted by Crippen LogP contribution is 2.28. The molecule has 0 radical (unpaired) electrons. The second kappa shape index (κ2) is 4.09. The predicted molar refractivity (Wildman–Crippen MR) is 77.5 cm³/mol. The Kier molecular flexibility index (Phi) is 2.52. The Balaban J connectivity index is 2.31. The van der Waals surface area contributed by atoms with Crippen molar-refractivity contribution in [3.05, 3.63) is 47.4 Å². The first-order chi connectivity index (χ1) is 9.09. The van der Waals surface area contributed by atoms with Crippen molar-refractivity contribution in [1.29, 1.82) is 0 Å². The van der Waals surface area contributed by atoms with Crippen LogP contribution in [0.15, 0.2) is 30.5 Å². The lowest BCUT2D eigenvalue weighted by Crippen LogP contribution is -2.04. The maximum Gasteiger partial charge on any atom is 0.0885 e. The fourth-order valence-electron chi connectivity index (χ4n) is 2.30. The molecular weight excluding hydrogens is 236 g/mol. The second-order valence-electron chi connectivity index (χ2n) is 4.78. The van der Waals surface area contributed by atoms with E-state index in [-0.39, 0.29) is 0 Å². The third-order valence-electron chi connectivity index (χ3n) is 3.69. The summed E-state index contributed by atoms with van der Waals surface area (Å²) in [6, 6.07) is 7.84. The Labute approximate surface area is 111 Å². The molecule has 0 aliphatic carbocycles. The number of anilines is 1. The zero-order valence-electron chi connectivity index (χ0n) is 11.3. The molecule has 0 unspecified atom stereocenters. The van der Waals surface area contributed by atoms with Gasteiger partial charge in [0.1, 0.15) is 0 Å². The van der Waals surface area contributed by atoms with E-state index in [1.54, 1.807) is 6.20 Å². The predicted octanol–water partition coefficient (Wildman–Crippen LogP) is 2.93. The number of benzene rings is 1. The number of hydrogen-bond donors (Lipinski definition) is 1. The highest BCUT2D eigenvalue weighted by Gasteiger charge is 2.12. The van der Waals surface area contributed by atoms with Gasteiger partial charge in [0.05, 0.1) is 22.6 Å². The van der Waals surface area contributed by atoms with Gasteiger partial charge in [-0.15, -0.1) is 0 Å². The molecule has 2 N–H and O–H groups in total. The third kappa shape index (κ3) is 1.68. The van der Waals surface area contributed by atoms with Gasteiger partial charge in [0.25, 0.3) is 0 Å². The molecule has 0 saturated carbocycles. The third-order valence-corrected chi connectivity index (χ3v) is 3.69. The van der Waals surface area contributed by atoms with Gasteiger partial charge in [-0.1, -0.05) is 0 Å². The molecule has 0 saturated heterocycles. The first-order valence-corrected chi connectivity index (χ1v) is 6.26. The molecule has 0 atom stereocenters. The van der Waals surface area contributed by atoms with Crippen LogP contribution in [0.1, 0.15) is 17.0 Å². The van der Waals surface area contributed by atoms with Crippen molar-refractivity contribution >= 4 is 16.6 Å². The summed E-state index contributed by atoms with van der Waals surface area (Å²) in [5, 5.41) is 5.53. The summed E-state index contributed by atoms with van der Waals surface area (Å²) in [5.41, 5.74) is 12.2. The van der Waals surface area contributed by atoms with Gasteiger partial charge < -0.3 is 5.73 Å². The molecule has 4 nitrogen and oxygen atoms in total. The average Bonchev–Trinajstić information content (AvgIpc) is 2.67. The monoisotopic (exact) mass is 252 g/mol. The van der Waals surface area contributed by atoms with Crippen LogP contribution in [0.4, 0.5) is 5.69 Å². The molecule has 2 aromatic heterocycles. The first-order valence-electron chi connectivity index (χ1n) is 6.26. The Morgan fingerprint density at radius 1 is 1.11 bits per heavy atom. The van der Waals surface area contributed by atoms with Gasteiger partial charge in [0.2, 0.25) is 0 Å². The number of pyridine rings is 1. The lowest BCUT2D eigenvalue weighted by molar-refractivity contribution is 0.836. The van der Waals surface area contributed by atoms with E-state index in [4.69, 9.17) is 5.73 Å². The van der Waals surface area contributed by atoms with E-state index in [1.165, 1.54) is 5.56 Å². The smallest absolute Gasteiger partial charge is 0.0885 e. The molecule has 3 aromatic rings. The van der Waals surface area contributed by atoms with Crippen LogP contribution >= 0.6 is 0 Å². The normalized spacial score (nSPS) is 11.1. The van der Waals surface area contributed by atoms with Gasteiger partial charge in [-0.2, -0.15) is 5.10 Å². The van der Waals surface area contributed by atoms with Gasteiger partial charge >= 0.3 is 0 Å². The lowest BCUT2D eigenvalue weighted by Gasteiger charge is -2.10. The molecule has 4 heteroatoms. The number of hydrogen-bond acceptors (Lipinski definition) is 3. The Morgan fingerprint density at radius 3 is 2.58 bits per heavy atom. The van der Waals surface area contributed by atoms with E-state index >= 15 is 0 Å². The van der Waals surface area contributed by atoms with Crippen molar-refractivity contribution in [2.24, 2.45) is 0 Å². The number of nitrogen functional groups attached to an aromatic ring is 1. The van der Waals surface area contributed by atoms with Crippen molar-refractivity contribution in [2.75, 3.05) is 5.73 Å². The minimum absolute atomic E-state index is 0.719. The van der Waals surface area contributed by atoms with Gasteiger partial charge in [0.15, 0.2) is 0 Å². The van der Waals surface area contributed by atoms with Crippen LogP contribution in [-0.4, -0.2) is 14.8 Å². The zero-order valence-corrected chi connectivity index (χ0v) is 11.3. The number of aryl methyl sites for hydroxylation is 1. The highest BCUT2D eigenvalue weighted by molar-refractivity contribution is 5.94. The first kappa shape index (κ1) is 11.7. The summed E-state index contributed by atoms with van der Waals surface area (Å²) in [6.07, 6.45) is 1.77. The van der Waals surface area contributed by atoms with Crippen molar-refractivity contribution in [1.82, 2.24) is 14.8 Å². The number of aromatic nitrogens is 3. The number of nitrogens with zero attached hydrogens (tertiary/aromatic N) is 3. The lowest BCUT2D eigenvalue weighted by atomic mass is 10.1. The minimum atomic E-state index is 0.719. The fourth-order valence-corrected chi connectivity index (χ4v) is 2.30. The molecule has 0 aliphatic rings. The molecule has 0 aliphatic heterocycles. The Hall–Kier alpha value is -2.36. The number of fused-ring (bicyclic) bond motifs is 1. The fraction of sp³-hybridized carbons (Fsp3) is 0.200.